The van der Waals surface area contributed by atoms with Crippen LogP contribution in [0.15, 0.2) is 60.8 Å². The number of rotatable bonds is 5. The molecule has 8 heteroatoms. The van der Waals surface area contributed by atoms with Gasteiger partial charge in [-0.3, -0.25) is 14.1 Å². The van der Waals surface area contributed by atoms with Crippen LogP contribution >= 0.6 is 11.6 Å². The predicted molar refractivity (Wildman–Crippen MR) is 121 cm³/mol. The summed E-state index contributed by atoms with van der Waals surface area (Å²) in [6.45, 7) is 0.769. The number of nitrogens with zero attached hydrogens (tertiary/aromatic N) is 2. The van der Waals surface area contributed by atoms with Gasteiger partial charge in [-0.05, 0) is 61.0 Å². The van der Waals surface area contributed by atoms with E-state index >= 15 is 0 Å². The van der Waals surface area contributed by atoms with E-state index in [2.05, 4.69) is 10.3 Å². The summed E-state index contributed by atoms with van der Waals surface area (Å²) in [5.41, 5.74) is 3.38. The van der Waals surface area contributed by atoms with Crippen molar-refractivity contribution in [2.75, 3.05) is 29.0 Å². The number of nitrogens with one attached hydrogen (secondary N) is 1. The fourth-order valence-electron chi connectivity index (χ4n) is 3.23. The van der Waals surface area contributed by atoms with Gasteiger partial charge in [-0.2, -0.15) is 0 Å². The van der Waals surface area contributed by atoms with Crippen molar-refractivity contribution in [2.45, 2.75) is 6.42 Å². The number of aromatic nitrogens is 1. The average Bonchev–Trinajstić information content (AvgIpc) is 3.21. The van der Waals surface area contributed by atoms with Crippen molar-refractivity contribution in [1.29, 1.82) is 0 Å². The highest BCUT2D eigenvalue weighted by atomic mass is 35.5. The number of hydrogen-bond donors (Lipinski definition) is 1. The first-order valence-corrected chi connectivity index (χ1v) is 11.1. The minimum Gasteiger partial charge on any atom is -0.495 e. The fourth-order valence-corrected chi connectivity index (χ4v) is 4.73. The van der Waals surface area contributed by atoms with Crippen molar-refractivity contribution in [2.24, 2.45) is 0 Å². The molecule has 1 unspecified atom stereocenters. The number of amides is 1. The number of anilines is 2. The predicted octanol–water partition coefficient (Wildman–Crippen LogP) is 4.54. The van der Waals surface area contributed by atoms with Crippen LogP contribution in [-0.4, -0.2) is 34.5 Å². The van der Waals surface area contributed by atoms with Crippen LogP contribution in [0.2, 0.25) is 5.02 Å². The van der Waals surface area contributed by atoms with Gasteiger partial charge in [-0.1, -0.05) is 11.6 Å². The molecule has 2 heterocycles. The molecule has 0 radical (unpaired) electrons. The van der Waals surface area contributed by atoms with Crippen LogP contribution in [-0.2, 0) is 11.0 Å². The molecule has 1 atom stereocenters. The smallest absolute Gasteiger partial charge is 0.255 e. The van der Waals surface area contributed by atoms with Crippen LogP contribution in [0.25, 0.3) is 11.3 Å². The van der Waals surface area contributed by atoms with Crippen molar-refractivity contribution in [3.8, 4) is 17.0 Å². The van der Waals surface area contributed by atoms with Crippen LogP contribution in [0.3, 0.4) is 0 Å². The number of benzene rings is 2. The summed E-state index contributed by atoms with van der Waals surface area (Å²) in [5.74, 6) is 1.10. The van der Waals surface area contributed by atoms with Gasteiger partial charge in [0.2, 0.25) is 0 Å². The fraction of sp³-hybridized carbons (Fsp3) is 0.182. The van der Waals surface area contributed by atoms with Gasteiger partial charge in [-0.15, -0.1) is 0 Å². The van der Waals surface area contributed by atoms with Crippen LogP contribution in [0.1, 0.15) is 16.8 Å². The van der Waals surface area contributed by atoms with E-state index in [0.717, 1.165) is 18.7 Å². The van der Waals surface area contributed by atoms with Gasteiger partial charge < -0.3 is 10.1 Å². The molecule has 0 saturated carbocycles. The number of halogens is 1. The molecule has 1 saturated heterocycles. The molecule has 0 aliphatic carbocycles. The lowest BCUT2D eigenvalue weighted by molar-refractivity contribution is 0.102. The van der Waals surface area contributed by atoms with Crippen LogP contribution in [0, 0.1) is 0 Å². The molecular weight excluding hydrogens is 422 g/mol. The van der Waals surface area contributed by atoms with Crippen LogP contribution in [0.5, 0.6) is 5.75 Å². The highest BCUT2D eigenvalue weighted by Crippen LogP contribution is 2.30. The Morgan fingerprint density at radius 3 is 2.60 bits per heavy atom. The minimum absolute atomic E-state index is 0.236. The molecule has 3 aromatic rings. The maximum absolute atomic E-state index is 12.7. The summed E-state index contributed by atoms with van der Waals surface area (Å²) in [6, 6.07) is 16.0. The second kappa shape index (κ2) is 8.85. The largest absolute Gasteiger partial charge is 0.495 e. The van der Waals surface area contributed by atoms with E-state index in [1.165, 1.54) is 0 Å². The first-order chi connectivity index (χ1) is 14.5. The summed E-state index contributed by atoms with van der Waals surface area (Å²) >= 11 is 6.34. The van der Waals surface area contributed by atoms with Crippen LogP contribution < -0.4 is 14.4 Å². The van der Waals surface area contributed by atoms with Gasteiger partial charge in [0, 0.05) is 34.8 Å². The van der Waals surface area contributed by atoms with Gasteiger partial charge >= 0.3 is 0 Å². The van der Waals surface area contributed by atoms with E-state index in [-0.39, 0.29) is 5.91 Å². The van der Waals surface area contributed by atoms with Crippen molar-refractivity contribution in [1.82, 2.24) is 4.98 Å². The minimum atomic E-state index is -0.979. The summed E-state index contributed by atoms with van der Waals surface area (Å²) in [7, 11) is 0.601. The highest BCUT2D eigenvalue weighted by Gasteiger charge is 2.20. The Balaban J connectivity index is 1.51. The van der Waals surface area contributed by atoms with Gasteiger partial charge in [0.15, 0.2) is 0 Å². The van der Waals surface area contributed by atoms with Gasteiger partial charge in [-0.25, -0.2) is 4.21 Å². The molecule has 1 aliphatic rings. The van der Waals surface area contributed by atoms with E-state index in [1.54, 1.807) is 49.7 Å². The summed E-state index contributed by atoms with van der Waals surface area (Å²) < 4.78 is 19.0. The molecule has 1 fully saturated rings. The van der Waals surface area contributed by atoms with E-state index in [9.17, 15) is 9.00 Å². The molecule has 0 spiro atoms. The van der Waals surface area contributed by atoms with Gasteiger partial charge in [0.25, 0.3) is 5.91 Å². The molecule has 4 rings (SSSR count). The lowest BCUT2D eigenvalue weighted by Gasteiger charge is -2.16. The molecule has 0 bridgehead atoms. The zero-order valence-corrected chi connectivity index (χ0v) is 17.9. The van der Waals surface area contributed by atoms with Crippen LogP contribution in [0.4, 0.5) is 11.4 Å². The third kappa shape index (κ3) is 4.32. The Labute approximate surface area is 182 Å². The zero-order chi connectivity index (χ0) is 21.1. The standard InChI is InChI=1S/C22H20ClN3O3S/c1-29-18-8-10-21(24-14-18)19-13-16(5-9-20(19)23)25-22(27)15-3-6-17(7-4-15)26-11-2-12-30(26)28/h3-10,13-14H,2,11-12H2,1H3,(H,25,27). The summed E-state index contributed by atoms with van der Waals surface area (Å²) in [4.78, 5) is 17.0. The van der Waals surface area contributed by atoms with E-state index in [4.69, 9.17) is 16.3 Å². The third-order valence-corrected chi connectivity index (χ3v) is 6.67. The Hall–Kier alpha value is -2.90. The number of carbonyl (C=O) groups is 1. The Kier molecular flexibility index (Phi) is 6.01. The Morgan fingerprint density at radius 2 is 1.97 bits per heavy atom. The molecule has 30 heavy (non-hydrogen) atoms. The normalized spacial score (nSPS) is 15.8. The number of ether oxygens (including phenoxy) is 1. The average molecular weight is 442 g/mol. The van der Waals surface area contributed by atoms with E-state index in [0.29, 0.717) is 39.0 Å². The number of hydrogen-bond acceptors (Lipinski definition) is 4. The molecule has 2 aromatic carbocycles. The monoisotopic (exact) mass is 441 g/mol. The Bertz CT molecular complexity index is 1090. The summed E-state index contributed by atoms with van der Waals surface area (Å²) in [5, 5.41) is 3.43. The quantitative estimate of drug-likeness (QED) is 0.631. The number of carbonyl (C=O) groups excluding carboxylic acids is 1. The highest BCUT2D eigenvalue weighted by molar-refractivity contribution is 7.86. The van der Waals surface area contributed by atoms with E-state index < -0.39 is 11.0 Å². The molecule has 154 valence electrons. The zero-order valence-electron chi connectivity index (χ0n) is 16.3. The lowest BCUT2D eigenvalue weighted by atomic mass is 10.1. The first kappa shape index (κ1) is 20.4. The van der Waals surface area contributed by atoms with Crippen molar-refractivity contribution < 1.29 is 13.7 Å². The first-order valence-electron chi connectivity index (χ1n) is 9.42. The van der Waals surface area contributed by atoms with Gasteiger partial charge in [0.05, 0.1) is 24.0 Å². The maximum atomic E-state index is 12.7. The summed E-state index contributed by atoms with van der Waals surface area (Å²) in [6.07, 6.45) is 2.53. The maximum Gasteiger partial charge on any atom is 0.255 e. The molecular formula is C22H20ClN3O3S. The second-order valence-electron chi connectivity index (χ2n) is 6.76. The molecule has 6 nitrogen and oxygen atoms in total. The third-order valence-electron chi connectivity index (χ3n) is 4.82. The van der Waals surface area contributed by atoms with Crippen molar-refractivity contribution in [3.63, 3.8) is 0 Å². The molecule has 1 amide bonds. The molecule has 1 aromatic heterocycles. The topological polar surface area (TPSA) is 71.5 Å². The second-order valence-corrected chi connectivity index (χ2v) is 8.66. The van der Waals surface area contributed by atoms with Gasteiger partial charge in [0.1, 0.15) is 16.7 Å². The van der Waals surface area contributed by atoms with E-state index in [1.807, 2.05) is 22.5 Å². The van der Waals surface area contributed by atoms with Crippen molar-refractivity contribution in [3.05, 3.63) is 71.4 Å². The number of pyridine rings is 1. The van der Waals surface area contributed by atoms with Crippen molar-refractivity contribution >= 4 is 39.9 Å². The number of methoxy groups -OCH3 is 1. The molecule has 1 aliphatic heterocycles. The Morgan fingerprint density at radius 1 is 1.17 bits per heavy atom. The SMILES string of the molecule is COc1ccc(-c2cc(NC(=O)c3ccc(N4CCCS4=O)cc3)ccc2Cl)nc1. The molecule has 1 N–H and O–H groups in total. The lowest BCUT2D eigenvalue weighted by Crippen LogP contribution is -2.19.